The molecule has 0 atom stereocenters. The van der Waals surface area contributed by atoms with E-state index in [1.807, 2.05) is 36.4 Å². The summed E-state index contributed by atoms with van der Waals surface area (Å²) < 4.78 is 16.3. The molecule has 3 aromatic carbocycles. The van der Waals surface area contributed by atoms with Crippen LogP contribution in [0.4, 0.5) is 4.39 Å². The molecule has 0 bridgehead atoms. The van der Waals surface area contributed by atoms with Crippen LogP contribution in [0.5, 0.6) is 0 Å². The number of halogens is 2. The largest absolute Gasteiger partial charge is 0.352 e. The van der Waals surface area contributed by atoms with Crippen LogP contribution in [0.25, 0.3) is 11.0 Å². The number of carbonyl (C=O) groups excluding carboxylic acids is 1. The van der Waals surface area contributed by atoms with Crippen molar-refractivity contribution in [2.75, 3.05) is 6.54 Å². The van der Waals surface area contributed by atoms with Gasteiger partial charge in [-0.1, -0.05) is 40.2 Å². The Morgan fingerprint density at radius 1 is 1.00 bits per heavy atom. The van der Waals surface area contributed by atoms with E-state index in [2.05, 4.69) is 25.8 Å². The monoisotopic (exact) mass is 451 g/mol. The molecule has 4 aromatic rings. The zero-order chi connectivity index (χ0) is 20.2. The minimum absolute atomic E-state index is 0.112. The molecule has 4 rings (SSSR count). The molecule has 1 aromatic heterocycles. The van der Waals surface area contributed by atoms with Gasteiger partial charge in [0.05, 0.1) is 11.0 Å². The maximum atomic E-state index is 13.2. The second kappa shape index (κ2) is 8.57. The molecule has 6 heteroatoms. The molecule has 4 nitrogen and oxygen atoms in total. The highest BCUT2D eigenvalue weighted by atomic mass is 79.9. The SMILES string of the molecule is O=C(NCCc1nc2ccccc2n1Cc1ccc(F)cc1)c1ccc(Br)cc1. The van der Waals surface area contributed by atoms with Gasteiger partial charge in [-0.25, -0.2) is 9.37 Å². The number of imidazole rings is 1. The van der Waals surface area contributed by atoms with Crippen molar-refractivity contribution in [3.63, 3.8) is 0 Å². The van der Waals surface area contributed by atoms with Crippen LogP contribution in [0.1, 0.15) is 21.7 Å². The van der Waals surface area contributed by atoms with Crippen molar-refractivity contribution in [2.24, 2.45) is 0 Å². The molecule has 0 aliphatic heterocycles. The molecule has 0 aliphatic rings. The fourth-order valence-electron chi connectivity index (χ4n) is 3.26. The standard InChI is InChI=1S/C23H19BrFN3O/c24-18-9-7-17(8-10-18)23(29)26-14-13-22-27-20-3-1-2-4-21(20)28(22)15-16-5-11-19(25)12-6-16/h1-12H,13-15H2,(H,26,29). The molecule has 0 spiro atoms. The van der Waals surface area contributed by atoms with Gasteiger partial charge in [0.2, 0.25) is 0 Å². The van der Waals surface area contributed by atoms with E-state index in [4.69, 9.17) is 4.98 Å². The van der Waals surface area contributed by atoms with Crippen molar-refractivity contribution in [3.8, 4) is 0 Å². The van der Waals surface area contributed by atoms with Gasteiger partial charge < -0.3 is 9.88 Å². The fraction of sp³-hybridized carbons (Fsp3) is 0.130. The molecule has 1 amide bonds. The maximum Gasteiger partial charge on any atom is 0.251 e. The summed E-state index contributed by atoms with van der Waals surface area (Å²) in [5.74, 6) is 0.519. The highest BCUT2D eigenvalue weighted by Crippen LogP contribution is 2.19. The average Bonchev–Trinajstić information content (AvgIpc) is 3.07. The van der Waals surface area contributed by atoms with E-state index in [0.717, 1.165) is 26.9 Å². The second-order valence-electron chi connectivity index (χ2n) is 6.74. The predicted octanol–water partition coefficient (Wildman–Crippen LogP) is 4.96. The summed E-state index contributed by atoms with van der Waals surface area (Å²) >= 11 is 3.37. The molecular formula is C23H19BrFN3O. The van der Waals surface area contributed by atoms with Crippen LogP contribution in [-0.4, -0.2) is 22.0 Å². The minimum atomic E-state index is -0.250. The average molecular weight is 452 g/mol. The van der Waals surface area contributed by atoms with Crippen LogP contribution in [-0.2, 0) is 13.0 Å². The van der Waals surface area contributed by atoms with Crippen LogP contribution in [0.15, 0.2) is 77.3 Å². The van der Waals surface area contributed by atoms with Crippen molar-refractivity contribution in [2.45, 2.75) is 13.0 Å². The van der Waals surface area contributed by atoms with Crippen molar-refractivity contribution >= 4 is 32.9 Å². The Balaban J connectivity index is 1.51. The fourth-order valence-corrected chi connectivity index (χ4v) is 3.52. The highest BCUT2D eigenvalue weighted by Gasteiger charge is 2.12. The summed E-state index contributed by atoms with van der Waals surface area (Å²) in [5.41, 5.74) is 3.54. The number of para-hydroxylation sites is 2. The number of benzene rings is 3. The summed E-state index contributed by atoms with van der Waals surface area (Å²) in [4.78, 5) is 17.1. The summed E-state index contributed by atoms with van der Waals surface area (Å²) in [6.45, 7) is 1.07. The van der Waals surface area contributed by atoms with Crippen LogP contribution in [0, 0.1) is 5.82 Å². The van der Waals surface area contributed by atoms with E-state index in [-0.39, 0.29) is 11.7 Å². The zero-order valence-corrected chi connectivity index (χ0v) is 17.2. The summed E-state index contributed by atoms with van der Waals surface area (Å²) in [5, 5.41) is 2.95. The van der Waals surface area contributed by atoms with Crippen LogP contribution in [0.2, 0.25) is 0 Å². The van der Waals surface area contributed by atoms with Gasteiger partial charge in [-0.05, 0) is 54.1 Å². The molecule has 0 unspecified atom stereocenters. The van der Waals surface area contributed by atoms with E-state index >= 15 is 0 Å². The molecular weight excluding hydrogens is 433 g/mol. The Labute approximate surface area is 176 Å². The molecule has 146 valence electrons. The number of amides is 1. The predicted molar refractivity (Wildman–Crippen MR) is 115 cm³/mol. The van der Waals surface area contributed by atoms with E-state index in [0.29, 0.717) is 25.1 Å². The van der Waals surface area contributed by atoms with Gasteiger partial charge in [-0.3, -0.25) is 4.79 Å². The summed E-state index contributed by atoms with van der Waals surface area (Å²) in [6, 6.07) is 21.7. The summed E-state index contributed by atoms with van der Waals surface area (Å²) in [7, 11) is 0. The van der Waals surface area contributed by atoms with Gasteiger partial charge in [-0.2, -0.15) is 0 Å². The summed E-state index contributed by atoms with van der Waals surface area (Å²) in [6.07, 6.45) is 0.595. The third kappa shape index (κ3) is 4.54. The zero-order valence-electron chi connectivity index (χ0n) is 15.6. The number of hydrogen-bond acceptors (Lipinski definition) is 2. The number of fused-ring (bicyclic) bond motifs is 1. The molecule has 29 heavy (non-hydrogen) atoms. The van der Waals surface area contributed by atoms with Gasteiger partial charge in [0.1, 0.15) is 11.6 Å². The first kappa shape index (κ1) is 19.3. The Hall–Kier alpha value is -2.99. The lowest BCUT2D eigenvalue weighted by Crippen LogP contribution is -2.26. The van der Waals surface area contributed by atoms with Gasteiger partial charge in [-0.15, -0.1) is 0 Å². The third-order valence-electron chi connectivity index (χ3n) is 4.73. The lowest BCUT2D eigenvalue weighted by Gasteiger charge is -2.10. The van der Waals surface area contributed by atoms with Crippen molar-refractivity contribution in [3.05, 3.63) is 100 Å². The highest BCUT2D eigenvalue weighted by molar-refractivity contribution is 9.10. The first-order valence-electron chi connectivity index (χ1n) is 9.32. The Morgan fingerprint density at radius 2 is 1.72 bits per heavy atom. The first-order valence-corrected chi connectivity index (χ1v) is 10.1. The normalized spacial score (nSPS) is 11.0. The van der Waals surface area contributed by atoms with E-state index in [1.165, 1.54) is 12.1 Å². The second-order valence-corrected chi connectivity index (χ2v) is 7.66. The van der Waals surface area contributed by atoms with Gasteiger partial charge in [0.25, 0.3) is 5.91 Å². The smallest absolute Gasteiger partial charge is 0.251 e. The van der Waals surface area contributed by atoms with Crippen LogP contribution < -0.4 is 5.32 Å². The number of nitrogens with one attached hydrogen (secondary N) is 1. The minimum Gasteiger partial charge on any atom is -0.352 e. The molecule has 1 heterocycles. The number of hydrogen-bond donors (Lipinski definition) is 1. The first-order chi connectivity index (χ1) is 14.1. The third-order valence-corrected chi connectivity index (χ3v) is 5.26. The molecule has 0 saturated carbocycles. The lowest BCUT2D eigenvalue weighted by atomic mass is 10.2. The van der Waals surface area contributed by atoms with Crippen molar-refractivity contribution in [1.82, 2.24) is 14.9 Å². The van der Waals surface area contributed by atoms with Crippen molar-refractivity contribution in [1.29, 1.82) is 0 Å². The van der Waals surface area contributed by atoms with Gasteiger partial charge >= 0.3 is 0 Å². The quantitative estimate of drug-likeness (QED) is 0.450. The molecule has 0 saturated heterocycles. The van der Waals surface area contributed by atoms with E-state index in [1.54, 1.807) is 24.3 Å². The number of aromatic nitrogens is 2. The van der Waals surface area contributed by atoms with Gasteiger partial charge in [0, 0.05) is 29.5 Å². The molecule has 0 aliphatic carbocycles. The molecule has 0 radical (unpaired) electrons. The Morgan fingerprint density at radius 3 is 2.48 bits per heavy atom. The topological polar surface area (TPSA) is 46.9 Å². The number of rotatable bonds is 6. The van der Waals surface area contributed by atoms with Crippen molar-refractivity contribution < 1.29 is 9.18 Å². The van der Waals surface area contributed by atoms with Crippen LogP contribution in [0.3, 0.4) is 0 Å². The lowest BCUT2D eigenvalue weighted by molar-refractivity contribution is 0.0954. The Bertz CT molecular complexity index is 1140. The number of nitrogens with zero attached hydrogens (tertiary/aromatic N) is 2. The van der Waals surface area contributed by atoms with Gasteiger partial charge in [0.15, 0.2) is 0 Å². The molecule has 1 N–H and O–H groups in total. The molecule has 0 fully saturated rings. The Kier molecular flexibility index (Phi) is 5.71. The van der Waals surface area contributed by atoms with E-state index in [9.17, 15) is 9.18 Å². The maximum absolute atomic E-state index is 13.2. The van der Waals surface area contributed by atoms with Crippen LogP contribution >= 0.6 is 15.9 Å². The van der Waals surface area contributed by atoms with E-state index < -0.39 is 0 Å². The number of carbonyl (C=O) groups is 1.